The van der Waals surface area contributed by atoms with E-state index in [1.807, 2.05) is 0 Å². The van der Waals surface area contributed by atoms with Gasteiger partial charge in [-0.25, -0.2) is 4.98 Å². The van der Waals surface area contributed by atoms with Crippen molar-refractivity contribution in [2.24, 2.45) is 0 Å². The van der Waals surface area contributed by atoms with Crippen LogP contribution in [0.4, 0.5) is 18.9 Å². The lowest BCUT2D eigenvalue weighted by Gasteiger charge is -2.38. The highest BCUT2D eigenvalue weighted by molar-refractivity contribution is 7.11. The van der Waals surface area contributed by atoms with Crippen LogP contribution in [0.5, 0.6) is 0 Å². The minimum absolute atomic E-state index is 0.0811. The summed E-state index contributed by atoms with van der Waals surface area (Å²) in [6.07, 6.45) is -0.0729. The van der Waals surface area contributed by atoms with Crippen LogP contribution in [-0.2, 0) is 27.2 Å². The van der Waals surface area contributed by atoms with Gasteiger partial charge >= 0.3 is 12.1 Å². The lowest BCUT2D eigenvalue weighted by atomic mass is 10.1. The van der Waals surface area contributed by atoms with Gasteiger partial charge in [0.05, 0.1) is 48.8 Å². The topological polar surface area (TPSA) is 108 Å². The largest absolute Gasteiger partial charge is 0.469 e. The van der Waals surface area contributed by atoms with Crippen LogP contribution in [0.25, 0.3) is 11.0 Å². The standard InChI is InChI=1S/C34H34Cl2F3N5O5S/c1-48-31(46)7-6-22-16-40-33(50-22)28-14-21(43-10-8-42(9-11-43)19-34(37,38)39)17-44(28)30(45)13-20-12-26(36)27(15-25(20)35)41-32(47)24-18-49-29-5-3-2-4-23(24)29/h2-5,12,15-16,18,21,28H,6-11,13-14,17,19H2,1H3,(H,41,47)/t21-,28-/m0/s1. The number of ether oxygens (including phenoxy) is 1. The number of esters is 1. The summed E-state index contributed by atoms with van der Waals surface area (Å²) in [5.41, 5.74) is 1.64. The van der Waals surface area contributed by atoms with Crippen LogP contribution >= 0.6 is 34.5 Å². The number of nitrogens with one attached hydrogen (secondary N) is 1. The van der Waals surface area contributed by atoms with Gasteiger partial charge in [-0.3, -0.25) is 24.2 Å². The number of aromatic nitrogens is 1. The summed E-state index contributed by atoms with van der Waals surface area (Å²) in [5, 5.41) is 4.57. The van der Waals surface area contributed by atoms with E-state index >= 15 is 0 Å². The Morgan fingerprint density at radius 3 is 2.60 bits per heavy atom. The smallest absolute Gasteiger partial charge is 0.401 e. The molecular weight excluding hydrogens is 718 g/mol. The Kier molecular flexibility index (Phi) is 11.0. The number of halogens is 5. The van der Waals surface area contributed by atoms with E-state index in [0.29, 0.717) is 59.6 Å². The highest BCUT2D eigenvalue weighted by atomic mass is 35.5. The van der Waals surface area contributed by atoms with E-state index < -0.39 is 18.6 Å². The molecule has 2 amide bonds. The van der Waals surface area contributed by atoms with Crippen LogP contribution in [0, 0.1) is 0 Å². The van der Waals surface area contributed by atoms with E-state index in [1.165, 1.54) is 35.7 Å². The summed E-state index contributed by atoms with van der Waals surface area (Å²) >= 11 is 14.7. The highest BCUT2D eigenvalue weighted by Crippen LogP contribution is 2.38. The van der Waals surface area contributed by atoms with Gasteiger partial charge in [0.25, 0.3) is 5.91 Å². The summed E-state index contributed by atoms with van der Waals surface area (Å²) in [7, 11) is 1.33. The number of benzene rings is 2. The second-order valence-corrected chi connectivity index (χ2v) is 14.3. The van der Waals surface area contributed by atoms with E-state index in [9.17, 15) is 27.6 Å². The number of rotatable bonds is 10. The van der Waals surface area contributed by atoms with Crippen molar-refractivity contribution in [3.63, 3.8) is 0 Å². The molecule has 4 heterocycles. The molecule has 0 spiro atoms. The molecule has 0 radical (unpaired) electrons. The number of likely N-dealkylation sites (tertiary alicyclic amines) is 1. The molecule has 1 N–H and O–H groups in total. The molecule has 0 saturated carbocycles. The fourth-order valence-corrected chi connectivity index (χ4v) is 7.98. The third-order valence-corrected chi connectivity index (χ3v) is 10.9. The maximum atomic E-state index is 14.0. The second kappa shape index (κ2) is 15.3. The number of thiazole rings is 1. The van der Waals surface area contributed by atoms with Gasteiger partial charge in [-0.15, -0.1) is 11.3 Å². The maximum absolute atomic E-state index is 14.0. The average molecular weight is 753 g/mol. The molecule has 2 aliphatic rings. The van der Waals surface area contributed by atoms with Gasteiger partial charge < -0.3 is 19.4 Å². The first-order valence-corrected chi connectivity index (χ1v) is 17.5. The van der Waals surface area contributed by atoms with Crippen molar-refractivity contribution >= 4 is 69.0 Å². The number of aryl methyl sites for hydroxylation is 1. The molecule has 0 unspecified atom stereocenters. The number of methoxy groups -OCH3 is 1. The third-order valence-electron chi connectivity index (χ3n) is 9.04. The molecule has 4 aromatic rings. The predicted octanol–water partition coefficient (Wildman–Crippen LogP) is 6.62. The number of furan rings is 1. The molecule has 2 saturated heterocycles. The summed E-state index contributed by atoms with van der Waals surface area (Å²) in [6, 6.07) is 9.73. The van der Waals surface area contributed by atoms with Crippen molar-refractivity contribution in [1.82, 2.24) is 19.7 Å². The van der Waals surface area contributed by atoms with Crippen molar-refractivity contribution in [2.45, 2.75) is 43.9 Å². The lowest BCUT2D eigenvalue weighted by molar-refractivity contribution is -0.150. The lowest BCUT2D eigenvalue weighted by Crippen LogP contribution is -2.52. The fourth-order valence-electron chi connectivity index (χ4n) is 6.47. The number of anilines is 1. The zero-order valence-electron chi connectivity index (χ0n) is 27.0. The number of amides is 2. The van der Waals surface area contributed by atoms with Crippen LogP contribution < -0.4 is 5.32 Å². The van der Waals surface area contributed by atoms with E-state index in [2.05, 4.69) is 15.2 Å². The highest BCUT2D eigenvalue weighted by Gasteiger charge is 2.42. The van der Waals surface area contributed by atoms with Crippen LogP contribution in [0.15, 0.2) is 53.3 Å². The summed E-state index contributed by atoms with van der Waals surface area (Å²) < 4.78 is 49.2. The van der Waals surface area contributed by atoms with Gasteiger partial charge in [-0.05, 0) is 36.6 Å². The number of alkyl halides is 3. The van der Waals surface area contributed by atoms with E-state index in [0.717, 1.165) is 4.88 Å². The first kappa shape index (κ1) is 36.1. The van der Waals surface area contributed by atoms with E-state index in [4.69, 9.17) is 32.4 Å². The number of carbonyl (C=O) groups excluding carboxylic acids is 3. The fraction of sp³-hybridized carbons (Fsp3) is 0.412. The quantitative estimate of drug-likeness (QED) is 0.180. The normalized spacial score (nSPS) is 18.9. The van der Waals surface area contributed by atoms with Crippen LogP contribution in [0.1, 0.15) is 44.7 Å². The zero-order valence-corrected chi connectivity index (χ0v) is 29.3. The molecule has 2 atom stereocenters. The Morgan fingerprint density at radius 2 is 1.86 bits per heavy atom. The number of piperazine rings is 1. The molecule has 10 nitrogen and oxygen atoms in total. The van der Waals surface area contributed by atoms with Crippen LogP contribution in [0.3, 0.4) is 0 Å². The van der Waals surface area contributed by atoms with Gasteiger partial charge in [-0.1, -0.05) is 41.4 Å². The third kappa shape index (κ3) is 8.43. The molecule has 50 heavy (non-hydrogen) atoms. The van der Waals surface area contributed by atoms with Gasteiger partial charge in [-0.2, -0.15) is 13.2 Å². The van der Waals surface area contributed by atoms with Gasteiger partial charge in [0.15, 0.2) is 0 Å². The van der Waals surface area contributed by atoms with Gasteiger partial charge in [0.1, 0.15) is 16.9 Å². The minimum Gasteiger partial charge on any atom is -0.469 e. The van der Waals surface area contributed by atoms with E-state index in [-0.39, 0.29) is 65.6 Å². The monoisotopic (exact) mass is 751 g/mol. The Hall–Kier alpha value is -3.69. The molecule has 0 aliphatic carbocycles. The molecule has 0 bridgehead atoms. The first-order valence-electron chi connectivity index (χ1n) is 16.0. The van der Waals surface area contributed by atoms with Crippen molar-refractivity contribution in [2.75, 3.05) is 51.7 Å². The molecular formula is C34H34Cl2F3N5O5S. The van der Waals surface area contributed by atoms with Crippen molar-refractivity contribution in [1.29, 1.82) is 0 Å². The first-order chi connectivity index (χ1) is 23.9. The summed E-state index contributed by atoms with van der Waals surface area (Å²) in [6.45, 7) is 0.854. The number of fused-ring (bicyclic) bond motifs is 1. The Bertz CT molecular complexity index is 1880. The molecule has 2 aromatic heterocycles. The number of hydrogen-bond donors (Lipinski definition) is 1. The maximum Gasteiger partial charge on any atom is 0.401 e. The molecule has 266 valence electrons. The van der Waals surface area contributed by atoms with E-state index in [1.54, 1.807) is 41.4 Å². The Morgan fingerprint density at radius 1 is 1.10 bits per heavy atom. The SMILES string of the molecule is COC(=O)CCc1cnc([C@@H]2C[C@H](N3CCN(CC(F)(F)F)CC3)CN2C(=O)Cc2cc(Cl)c(NC(=O)c3coc4ccccc34)cc2Cl)s1. The molecule has 6 rings (SSSR count). The van der Waals surface area contributed by atoms with Crippen LogP contribution in [0.2, 0.25) is 10.0 Å². The Balaban J connectivity index is 1.17. The van der Waals surface area contributed by atoms with Crippen molar-refractivity contribution in [3.05, 3.63) is 79.9 Å². The zero-order chi connectivity index (χ0) is 35.6. The number of nitrogens with zero attached hydrogens (tertiary/aromatic N) is 4. The average Bonchev–Trinajstić information content (AvgIpc) is 3.84. The summed E-state index contributed by atoms with van der Waals surface area (Å²) in [4.78, 5) is 49.6. The second-order valence-electron chi connectivity index (χ2n) is 12.3. The number of para-hydroxylation sites is 1. The van der Waals surface area contributed by atoms with Crippen molar-refractivity contribution in [3.8, 4) is 0 Å². The minimum atomic E-state index is -4.26. The predicted molar refractivity (Wildman–Crippen MR) is 184 cm³/mol. The Labute approximate surface area is 300 Å². The summed E-state index contributed by atoms with van der Waals surface area (Å²) in [5.74, 6) is -0.992. The molecule has 2 fully saturated rings. The molecule has 2 aliphatic heterocycles. The molecule has 16 heteroatoms. The number of hydrogen-bond acceptors (Lipinski definition) is 9. The van der Waals surface area contributed by atoms with Gasteiger partial charge in [0, 0.05) is 60.2 Å². The van der Waals surface area contributed by atoms with Gasteiger partial charge in [0.2, 0.25) is 5.91 Å². The van der Waals surface area contributed by atoms with Crippen LogP contribution in [-0.4, -0.2) is 96.1 Å². The number of carbonyl (C=O) groups is 3. The van der Waals surface area contributed by atoms with Crippen molar-refractivity contribution < 1.29 is 36.7 Å². The molecule has 2 aromatic carbocycles.